The monoisotopic (exact) mass is 342 g/mol. The first-order valence-corrected chi connectivity index (χ1v) is 9.46. The molecule has 25 heavy (non-hydrogen) atoms. The van der Waals surface area contributed by atoms with E-state index in [0.29, 0.717) is 0 Å². The van der Waals surface area contributed by atoms with Crippen LogP contribution < -0.4 is 0 Å². The van der Waals surface area contributed by atoms with Gasteiger partial charge in [-0.1, -0.05) is 49.4 Å². The Labute approximate surface area is 151 Å². The van der Waals surface area contributed by atoms with Gasteiger partial charge in [-0.25, -0.2) is 4.79 Å². The number of hydrogen-bond acceptors (Lipinski definition) is 3. The van der Waals surface area contributed by atoms with Crippen molar-refractivity contribution >= 4 is 12.1 Å². The molecule has 2 aliphatic rings. The molecule has 2 aliphatic heterocycles. The van der Waals surface area contributed by atoms with Gasteiger partial charge in [0.05, 0.1) is 0 Å². The zero-order valence-electron chi connectivity index (χ0n) is 15.3. The Morgan fingerprint density at radius 1 is 0.880 bits per heavy atom. The third-order valence-electron chi connectivity index (χ3n) is 5.21. The zero-order valence-corrected chi connectivity index (χ0v) is 15.3. The molecule has 5 nitrogen and oxygen atoms in total. The molecule has 0 unspecified atom stereocenters. The van der Waals surface area contributed by atoms with Crippen molar-refractivity contribution in [3.63, 3.8) is 0 Å². The molecule has 2 amide bonds. The number of likely N-dealkylation sites (N-methyl/N-ethyl adjacent to an activating group) is 1. The van der Waals surface area contributed by atoms with E-state index in [0.717, 1.165) is 65.4 Å². The molecular formula is C20H30N4O. The van der Waals surface area contributed by atoms with E-state index < -0.39 is 0 Å². The Morgan fingerprint density at radius 2 is 1.44 bits per heavy atom. The molecule has 0 bridgehead atoms. The number of hydrogen-bond donors (Lipinski definition) is 0. The minimum atomic E-state index is 0.232. The average molecular weight is 342 g/mol. The van der Waals surface area contributed by atoms with Gasteiger partial charge >= 0.3 is 6.03 Å². The van der Waals surface area contributed by atoms with Crippen molar-refractivity contribution in [2.24, 2.45) is 0 Å². The van der Waals surface area contributed by atoms with Crippen molar-refractivity contribution in [1.82, 2.24) is 19.6 Å². The van der Waals surface area contributed by atoms with E-state index in [1.807, 2.05) is 15.9 Å². The molecule has 2 saturated heterocycles. The summed E-state index contributed by atoms with van der Waals surface area (Å²) in [6.45, 7) is 11.6. The van der Waals surface area contributed by atoms with E-state index >= 15 is 0 Å². The molecule has 1 aromatic carbocycles. The molecule has 0 spiro atoms. The molecule has 1 aromatic rings. The lowest BCUT2D eigenvalue weighted by Crippen LogP contribution is -2.56. The van der Waals surface area contributed by atoms with Gasteiger partial charge in [0, 0.05) is 58.9 Å². The molecule has 0 atom stereocenters. The van der Waals surface area contributed by atoms with E-state index in [2.05, 4.69) is 53.1 Å². The first-order valence-electron chi connectivity index (χ1n) is 9.46. The maximum Gasteiger partial charge on any atom is 0.320 e. The molecule has 0 aromatic heterocycles. The van der Waals surface area contributed by atoms with Crippen LogP contribution in [0.2, 0.25) is 0 Å². The van der Waals surface area contributed by atoms with Gasteiger partial charge in [0.1, 0.15) is 0 Å². The highest BCUT2D eigenvalue weighted by atomic mass is 16.2. The van der Waals surface area contributed by atoms with Crippen molar-refractivity contribution in [3.05, 3.63) is 42.0 Å². The van der Waals surface area contributed by atoms with Crippen LogP contribution in [-0.2, 0) is 0 Å². The van der Waals surface area contributed by atoms with Crippen molar-refractivity contribution < 1.29 is 4.79 Å². The first-order chi connectivity index (χ1) is 12.3. The number of urea groups is 1. The van der Waals surface area contributed by atoms with Gasteiger partial charge in [-0.05, 0) is 12.1 Å². The highest BCUT2D eigenvalue weighted by molar-refractivity contribution is 5.74. The maximum absolute atomic E-state index is 12.7. The summed E-state index contributed by atoms with van der Waals surface area (Å²) in [5.74, 6) is 0. The fourth-order valence-corrected chi connectivity index (χ4v) is 3.48. The average Bonchev–Trinajstić information content (AvgIpc) is 2.69. The number of carbonyl (C=O) groups is 1. The normalized spacial score (nSPS) is 20.4. The lowest BCUT2D eigenvalue weighted by Gasteiger charge is -2.40. The Bertz CT molecular complexity index is 558. The molecule has 0 radical (unpaired) electrons. The van der Waals surface area contributed by atoms with E-state index in [-0.39, 0.29) is 6.03 Å². The predicted octanol–water partition coefficient (Wildman–Crippen LogP) is 2.07. The van der Waals surface area contributed by atoms with Crippen LogP contribution in [0, 0.1) is 0 Å². The molecule has 2 fully saturated rings. The fourth-order valence-electron chi connectivity index (χ4n) is 3.48. The van der Waals surface area contributed by atoms with Crippen LogP contribution in [0.3, 0.4) is 0 Å². The third kappa shape index (κ3) is 5.06. The summed E-state index contributed by atoms with van der Waals surface area (Å²) in [6.07, 6.45) is 4.39. The Morgan fingerprint density at radius 3 is 2.00 bits per heavy atom. The predicted molar refractivity (Wildman–Crippen MR) is 103 cm³/mol. The summed E-state index contributed by atoms with van der Waals surface area (Å²) < 4.78 is 0. The second-order valence-electron chi connectivity index (χ2n) is 6.80. The number of nitrogens with zero attached hydrogens (tertiary/aromatic N) is 4. The summed E-state index contributed by atoms with van der Waals surface area (Å²) in [4.78, 5) is 21.5. The Kier molecular flexibility index (Phi) is 6.48. The number of piperazine rings is 2. The fraction of sp³-hybridized carbons (Fsp3) is 0.550. The van der Waals surface area contributed by atoms with Crippen LogP contribution in [0.15, 0.2) is 36.4 Å². The molecule has 136 valence electrons. The van der Waals surface area contributed by atoms with Crippen LogP contribution in [0.25, 0.3) is 6.08 Å². The molecule has 2 heterocycles. The topological polar surface area (TPSA) is 30.0 Å². The summed E-state index contributed by atoms with van der Waals surface area (Å²) in [5, 5.41) is 0. The van der Waals surface area contributed by atoms with Gasteiger partial charge in [-0.15, -0.1) is 0 Å². The van der Waals surface area contributed by atoms with Gasteiger partial charge < -0.3 is 14.7 Å². The van der Waals surface area contributed by atoms with E-state index in [9.17, 15) is 4.79 Å². The highest BCUT2D eigenvalue weighted by Crippen LogP contribution is 2.09. The summed E-state index contributed by atoms with van der Waals surface area (Å²) in [6, 6.07) is 10.6. The molecule has 5 heteroatoms. The van der Waals surface area contributed by atoms with E-state index in [1.54, 1.807) is 0 Å². The number of benzene rings is 1. The number of carbonyl (C=O) groups excluding carboxylic acids is 1. The molecule has 3 rings (SSSR count). The van der Waals surface area contributed by atoms with Crippen LogP contribution >= 0.6 is 0 Å². The first kappa shape index (κ1) is 18.0. The molecular weight excluding hydrogens is 312 g/mol. The van der Waals surface area contributed by atoms with Gasteiger partial charge in [0.15, 0.2) is 0 Å². The smallest absolute Gasteiger partial charge is 0.320 e. The Balaban J connectivity index is 1.39. The van der Waals surface area contributed by atoms with Gasteiger partial charge in [0.2, 0.25) is 0 Å². The van der Waals surface area contributed by atoms with Gasteiger partial charge in [0.25, 0.3) is 0 Å². The Hall–Kier alpha value is -1.85. The number of rotatable bonds is 4. The van der Waals surface area contributed by atoms with Gasteiger partial charge in [-0.3, -0.25) is 4.90 Å². The minimum Gasteiger partial charge on any atom is -0.322 e. The lowest BCUT2D eigenvalue weighted by molar-refractivity contribution is 0.0944. The van der Waals surface area contributed by atoms with Crippen LogP contribution in [-0.4, -0.2) is 91.1 Å². The standard InChI is InChI=1S/C20H30N4O/c1-2-21-11-15-23(16-12-21)20(25)24-17-13-22(14-18-24)10-6-9-19-7-4-3-5-8-19/h3-9H,2,10-18H2,1H3/b9-6+. The minimum absolute atomic E-state index is 0.232. The molecule has 0 saturated carbocycles. The van der Waals surface area contributed by atoms with Crippen LogP contribution in [0.4, 0.5) is 4.79 Å². The maximum atomic E-state index is 12.7. The summed E-state index contributed by atoms with van der Waals surface area (Å²) >= 11 is 0. The molecule has 0 aliphatic carbocycles. The van der Waals surface area contributed by atoms with E-state index in [1.165, 1.54) is 5.56 Å². The third-order valence-corrected chi connectivity index (χ3v) is 5.21. The number of amides is 2. The summed E-state index contributed by atoms with van der Waals surface area (Å²) in [7, 11) is 0. The van der Waals surface area contributed by atoms with E-state index in [4.69, 9.17) is 0 Å². The largest absolute Gasteiger partial charge is 0.322 e. The zero-order chi connectivity index (χ0) is 17.5. The second kappa shape index (κ2) is 9.02. The lowest BCUT2D eigenvalue weighted by atomic mass is 10.2. The van der Waals surface area contributed by atoms with Crippen LogP contribution in [0.1, 0.15) is 12.5 Å². The SMILES string of the molecule is CCN1CCN(C(=O)N2CCN(C/C=C/c3ccccc3)CC2)CC1. The molecule has 0 N–H and O–H groups in total. The summed E-state index contributed by atoms with van der Waals surface area (Å²) in [5.41, 5.74) is 1.24. The quantitative estimate of drug-likeness (QED) is 0.839. The second-order valence-corrected chi connectivity index (χ2v) is 6.80. The van der Waals surface area contributed by atoms with Crippen molar-refractivity contribution in [3.8, 4) is 0 Å². The van der Waals surface area contributed by atoms with Crippen molar-refractivity contribution in [1.29, 1.82) is 0 Å². The van der Waals surface area contributed by atoms with Gasteiger partial charge in [-0.2, -0.15) is 0 Å². The van der Waals surface area contributed by atoms with Crippen molar-refractivity contribution in [2.75, 3.05) is 65.4 Å². The van der Waals surface area contributed by atoms with Crippen LogP contribution in [0.5, 0.6) is 0 Å². The highest BCUT2D eigenvalue weighted by Gasteiger charge is 2.27. The van der Waals surface area contributed by atoms with Crippen molar-refractivity contribution in [2.45, 2.75) is 6.92 Å².